The Bertz CT molecular complexity index is 823. The number of carbonyl (C=O) groups is 2. The number of primary amides is 1. The maximum Gasteiger partial charge on any atom is 0.371 e. The van der Waals surface area contributed by atoms with Crippen LogP contribution in [0.4, 0.5) is 0 Å². The summed E-state index contributed by atoms with van der Waals surface area (Å²) in [4.78, 5) is 33.1. The molecule has 2 rings (SSSR count). The van der Waals surface area contributed by atoms with Crippen LogP contribution in [0.2, 0.25) is 0 Å². The van der Waals surface area contributed by atoms with Crippen LogP contribution in [-0.2, 0) is 4.79 Å². The summed E-state index contributed by atoms with van der Waals surface area (Å²) in [6.07, 6.45) is -0.0788. The van der Waals surface area contributed by atoms with Crippen LogP contribution in [0.1, 0.15) is 22.5 Å². The number of fused-ring (bicyclic) bond motifs is 1. The van der Waals surface area contributed by atoms with Gasteiger partial charge in [-0.1, -0.05) is 11.8 Å². The van der Waals surface area contributed by atoms with Crippen molar-refractivity contribution in [3.05, 3.63) is 45.8 Å². The van der Waals surface area contributed by atoms with E-state index in [0.717, 1.165) is 6.07 Å². The molecule has 3 N–H and O–H groups in total. The molecule has 1 aromatic heterocycles. The Hall–Kier alpha value is -3.07. The quantitative estimate of drug-likeness (QED) is 0.782. The van der Waals surface area contributed by atoms with Crippen LogP contribution < -0.4 is 11.2 Å². The third-order valence-electron chi connectivity index (χ3n) is 2.43. The first-order valence-electron chi connectivity index (χ1n) is 5.56. The smallest absolute Gasteiger partial charge is 0.371 e. The average molecular weight is 271 g/mol. The Balaban J connectivity index is 2.49. The molecule has 1 amide bonds. The number of hydrogen-bond acceptors (Lipinski definition) is 4. The van der Waals surface area contributed by atoms with E-state index in [-0.39, 0.29) is 17.4 Å². The van der Waals surface area contributed by atoms with Crippen LogP contribution in [0.15, 0.2) is 33.5 Å². The van der Waals surface area contributed by atoms with Crippen molar-refractivity contribution in [2.24, 2.45) is 5.73 Å². The van der Waals surface area contributed by atoms with E-state index in [9.17, 15) is 14.4 Å². The summed E-state index contributed by atoms with van der Waals surface area (Å²) >= 11 is 0. The molecule has 6 heteroatoms. The number of nitrogens with two attached hydrogens (primary N) is 1. The predicted molar refractivity (Wildman–Crippen MR) is 70.1 cm³/mol. The first-order chi connectivity index (χ1) is 9.47. The van der Waals surface area contributed by atoms with Crippen LogP contribution in [0.25, 0.3) is 11.0 Å². The fourth-order valence-electron chi connectivity index (χ4n) is 1.57. The topological polar surface area (TPSA) is 111 Å². The molecular weight excluding hydrogens is 262 g/mol. The van der Waals surface area contributed by atoms with Crippen LogP contribution in [0.5, 0.6) is 0 Å². The minimum atomic E-state index is -1.31. The SMILES string of the molecule is NC(=O)CC#Cc1ccc2oc(C(=O)O)cc(=O)c2c1. The molecule has 0 aliphatic heterocycles. The molecule has 0 unspecified atom stereocenters. The van der Waals surface area contributed by atoms with E-state index in [2.05, 4.69) is 11.8 Å². The molecule has 1 heterocycles. The highest BCUT2D eigenvalue weighted by molar-refractivity contribution is 5.87. The second-order valence-corrected chi connectivity index (χ2v) is 3.94. The van der Waals surface area contributed by atoms with Crippen molar-refractivity contribution in [1.82, 2.24) is 0 Å². The van der Waals surface area contributed by atoms with Crippen molar-refractivity contribution in [3.63, 3.8) is 0 Å². The molecule has 2 aromatic rings. The molecule has 0 saturated heterocycles. The summed E-state index contributed by atoms with van der Waals surface area (Å²) in [5.74, 6) is 2.98. The van der Waals surface area contributed by atoms with E-state index in [1.54, 1.807) is 6.07 Å². The standard InChI is InChI=1S/C14H9NO5/c15-13(17)3-1-2-8-4-5-11-9(6-8)10(16)7-12(20-11)14(18)19/h4-7H,3H2,(H2,15,17)(H,18,19). The number of benzene rings is 1. The highest BCUT2D eigenvalue weighted by Crippen LogP contribution is 2.14. The van der Waals surface area contributed by atoms with Gasteiger partial charge < -0.3 is 15.3 Å². The van der Waals surface area contributed by atoms with Crippen molar-refractivity contribution in [1.29, 1.82) is 0 Å². The van der Waals surface area contributed by atoms with Crippen molar-refractivity contribution in [2.75, 3.05) is 0 Å². The number of carbonyl (C=O) groups excluding carboxylic acids is 1. The van der Waals surface area contributed by atoms with E-state index in [1.807, 2.05) is 0 Å². The summed E-state index contributed by atoms with van der Waals surface area (Å²) < 4.78 is 5.08. The molecule has 0 saturated carbocycles. The van der Waals surface area contributed by atoms with Gasteiger partial charge in [0.2, 0.25) is 11.7 Å². The fourth-order valence-corrected chi connectivity index (χ4v) is 1.57. The van der Waals surface area contributed by atoms with E-state index in [1.165, 1.54) is 12.1 Å². The average Bonchev–Trinajstić information content (AvgIpc) is 2.38. The van der Waals surface area contributed by atoms with Gasteiger partial charge in [0.05, 0.1) is 11.8 Å². The highest BCUT2D eigenvalue weighted by Gasteiger charge is 2.10. The number of carboxylic acids is 1. The maximum absolute atomic E-state index is 11.8. The number of aromatic carboxylic acids is 1. The monoisotopic (exact) mass is 271 g/mol. The summed E-state index contributed by atoms with van der Waals surface area (Å²) in [7, 11) is 0. The van der Waals surface area contributed by atoms with Gasteiger partial charge in [-0.2, -0.15) is 0 Å². The van der Waals surface area contributed by atoms with E-state index in [0.29, 0.717) is 5.56 Å². The summed E-state index contributed by atoms with van der Waals surface area (Å²) in [6, 6.07) is 5.40. The van der Waals surface area contributed by atoms with Gasteiger partial charge in [0.15, 0.2) is 5.43 Å². The molecule has 0 atom stereocenters. The lowest BCUT2D eigenvalue weighted by molar-refractivity contribution is -0.117. The highest BCUT2D eigenvalue weighted by atomic mass is 16.4. The zero-order valence-corrected chi connectivity index (χ0v) is 10.2. The van der Waals surface area contributed by atoms with Gasteiger partial charge in [0.25, 0.3) is 0 Å². The number of carboxylic acid groups (broad SMARTS) is 1. The zero-order chi connectivity index (χ0) is 14.7. The molecule has 1 aromatic carbocycles. The van der Waals surface area contributed by atoms with E-state index >= 15 is 0 Å². The van der Waals surface area contributed by atoms with E-state index in [4.69, 9.17) is 15.3 Å². The molecule has 100 valence electrons. The summed E-state index contributed by atoms with van der Waals surface area (Å²) in [5.41, 5.74) is 5.15. The number of amides is 1. The van der Waals surface area contributed by atoms with Gasteiger partial charge in [-0.25, -0.2) is 4.79 Å². The summed E-state index contributed by atoms with van der Waals surface area (Å²) in [6.45, 7) is 0. The molecule has 0 fully saturated rings. The number of hydrogen-bond donors (Lipinski definition) is 2. The lowest BCUT2D eigenvalue weighted by atomic mass is 10.1. The third-order valence-corrected chi connectivity index (χ3v) is 2.43. The lowest BCUT2D eigenvalue weighted by Crippen LogP contribution is -2.08. The molecule has 6 nitrogen and oxygen atoms in total. The Morgan fingerprint density at radius 1 is 1.30 bits per heavy atom. The third kappa shape index (κ3) is 2.84. The second-order valence-electron chi connectivity index (χ2n) is 3.94. The minimum Gasteiger partial charge on any atom is -0.475 e. The van der Waals surface area contributed by atoms with Crippen LogP contribution in [-0.4, -0.2) is 17.0 Å². The molecule has 0 aliphatic rings. The van der Waals surface area contributed by atoms with Crippen molar-refractivity contribution in [2.45, 2.75) is 6.42 Å². The minimum absolute atomic E-state index is 0.0788. The van der Waals surface area contributed by atoms with Crippen LogP contribution >= 0.6 is 0 Å². The van der Waals surface area contributed by atoms with Crippen LogP contribution in [0, 0.1) is 11.8 Å². The molecule has 0 radical (unpaired) electrons. The molecule has 0 spiro atoms. The first kappa shape index (κ1) is 13.4. The Morgan fingerprint density at radius 2 is 2.05 bits per heavy atom. The zero-order valence-electron chi connectivity index (χ0n) is 10.2. The molecular formula is C14H9NO5. The van der Waals surface area contributed by atoms with Crippen molar-refractivity contribution in [3.8, 4) is 11.8 Å². The van der Waals surface area contributed by atoms with Crippen molar-refractivity contribution < 1.29 is 19.1 Å². The van der Waals surface area contributed by atoms with Gasteiger partial charge in [-0.05, 0) is 18.2 Å². The fraction of sp³-hybridized carbons (Fsp3) is 0.0714. The van der Waals surface area contributed by atoms with Crippen LogP contribution in [0.3, 0.4) is 0 Å². The largest absolute Gasteiger partial charge is 0.475 e. The number of rotatable bonds is 2. The second kappa shape index (κ2) is 5.28. The lowest BCUT2D eigenvalue weighted by Gasteiger charge is -1.99. The van der Waals surface area contributed by atoms with Gasteiger partial charge in [-0.3, -0.25) is 9.59 Å². The Labute approximate surface area is 112 Å². The van der Waals surface area contributed by atoms with Gasteiger partial charge in [0.1, 0.15) is 5.58 Å². The van der Waals surface area contributed by atoms with E-state index < -0.39 is 23.1 Å². The summed E-state index contributed by atoms with van der Waals surface area (Å²) in [5, 5.41) is 9.02. The molecule has 0 aliphatic carbocycles. The maximum atomic E-state index is 11.8. The van der Waals surface area contributed by atoms with Gasteiger partial charge in [-0.15, -0.1) is 0 Å². The Morgan fingerprint density at radius 3 is 2.70 bits per heavy atom. The van der Waals surface area contributed by atoms with Gasteiger partial charge in [0, 0.05) is 11.6 Å². The molecule has 20 heavy (non-hydrogen) atoms. The van der Waals surface area contributed by atoms with Crippen molar-refractivity contribution >= 4 is 22.8 Å². The normalized spacial score (nSPS) is 9.80. The first-order valence-corrected chi connectivity index (χ1v) is 5.56. The predicted octanol–water partition coefficient (Wildman–Crippen LogP) is 0.718. The molecule has 0 bridgehead atoms. The Kier molecular flexibility index (Phi) is 3.53. The van der Waals surface area contributed by atoms with Gasteiger partial charge >= 0.3 is 5.97 Å².